The van der Waals surface area contributed by atoms with Gasteiger partial charge in [-0.1, -0.05) is 126 Å². The molecule has 0 N–H and O–H groups in total. The molecule has 0 aliphatic carbocycles. The van der Waals surface area contributed by atoms with E-state index in [4.69, 9.17) is 9.47 Å². The van der Waals surface area contributed by atoms with Crippen LogP contribution in [0.25, 0.3) is 0 Å². The third-order valence-electron chi connectivity index (χ3n) is 14.7. The number of hydrogen-bond donors (Lipinski definition) is 0. The van der Waals surface area contributed by atoms with Gasteiger partial charge in [0, 0.05) is 57.9 Å². The minimum Gasteiger partial charge on any atom is -0.492 e. The summed E-state index contributed by atoms with van der Waals surface area (Å²) in [6.07, 6.45) is 8.88. The molecule has 4 saturated heterocycles. The first-order valence-electron chi connectivity index (χ1n) is 27.9. The van der Waals surface area contributed by atoms with Crippen molar-refractivity contribution in [2.45, 2.75) is 150 Å². The molecule has 4 aromatic carbocycles. The smallest absolute Gasteiger partial charge is 0.253 e. The molecule has 4 fully saturated rings. The fraction of sp³-hybridized carbons (Fsp3) is 0.603. The van der Waals surface area contributed by atoms with Crippen LogP contribution in [0.2, 0.25) is 0 Å². The maximum Gasteiger partial charge on any atom is 0.253 e. The molecule has 4 aromatic rings. The average molecular weight is 1050 g/mol. The first-order valence-corrected chi connectivity index (χ1v) is 29.8. The van der Waals surface area contributed by atoms with E-state index < -0.39 is 10.0 Å². The lowest BCUT2D eigenvalue weighted by Gasteiger charge is -2.35. The second-order valence-corrected chi connectivity index (χ2v) is 27.2. The number of carbonyl (C=O) groups is 1. The maximum atomic E-state index is 14.3. The number of nitrogens with zero attached hydrogens (tertiary/aromatic N) is 5. The zero-order valence-corrected chi connectivity index (χ0v) is 49.6. The van der Waals surface area contributed by atoms with Crippen LogP contribution < -0.4 is 14.4 Å². The van der Waals surface area contributed by atoms with Crippen LogP contribution in [-0.2, 0) is 31.7 Å². The lowest BCUT2D eigenvalue weighted by molar-refractivity contribution is 0.0792. The number of likely N-dealkylation sites (tertiary alicyclic amines) is 3. The summed E-state index contributed by atoms with van der Waals surface area (Å²) in [5.41, 5.74) is 7.97. The van der Waals surface area contributed by atoms with E-state index in [1.54, 1.807) is 12.1 Å². The number of rotatable bonds is 11. The number of halogens is 1. The lowest BCUT2D eigenvalue weighted by atomic mass is 9.86. The van der Waals surface area contributed by atoms with Gasteiger partial charge in [0.05, 0.1) is 11.9 Å². The average Bonchev–Trinajstić information content (AvgIpc) is 4.18. The number of piperazine rings is 1. The second-order valence-electron chi connectivity index (χ2n) is 25.2. The van der Waals surface area contributed by atoms with Gasteiger partial charge in [-0.2, -0.15) is 4.31 Å². The summed E-state index contributed by atoms with van der Waals surface area (Å²) in [5, 5.41) is 0. The maximum absolute atomic E-state index is 14.3. The van der Waals surface area contributed by atoms with Gasteiger partial charge in [-0.05, 0) is 164 Å². The van der Waals surface area contributed by atoms with E-state index in [0.717, 1.165) is 74.9 Å². The zero-order chi connectivity index (χ0) is 55.2. The monoisotopic (exact) mass is 1050 g/mol. The number of carbonyl (C=O) groups excluding carboxylic acids is 1. The molecule has 0 saturated carbocycles. The van der Waals surface area contributed by atoms with Crippen molar-refractivity contribution in [3.8, 4) is 11.5 Å². The molecule has 0 atom stereocenters. The van der Waals surface area contributed by atoms with E-state index in [0.29, 0.717) is 31.9 Å². The van der Waals surface area contributed by atoms with Crippen molar-refractivity contribution in [3.05, 3.63) is 124 Å². The Balaban J connectivity index is 0.000000185. The summed E-state index contributed by atoms with van der Waals surface area (Å²) in [7, 11) is -3.15. The van der Waals surface area contributed by atoms with Crippen LogP contribution in [0, 0.1) is 12.7 Å². The van der Waals surface area contributed by atoms with Crippen molar-refractivity contribution in [1.29, 1.82) is 0 Å². The van der Waals surface area contributed by atoms with Gasteiger partial charge < -0.3 is 19.3 Å². The Bertz CT molecular complexity index is 2500. The molecule has 1 amide bonds. The molecular weight excluding hydrogens is 958 g/mol. The van der Waals surface area contributed by atoms with Crippen molar-refractivity contribution in [2.75, 3.05) is 103 Å². The summed E-state index contributed by atoms with van der Waals surface area (Å²) in [4.78, 5) is 21.1. The number of anilines is 1. The normalized spacial score (nSPS) is 17.1. The Morgan fingerprint density at radius 3 is 1.47 bits per heavy atom. The van der Waals surface area contributed by atoms with Crippen LogP contribution in [0.5, 0.6) is 11.5 Å². The van der Waals surface area contributed by atoms with Gasteiger partial charge >= 0.3 is 0 Å². The molecule has 75 heavy (non-hydrogen) atoms. The van der Waals surface area contributed by atoms with Crippen LogP contribution in [0.1, 0.15) is 160 Å². The predicted molar refractivity (Wildman–Crippen MR) is 311 cm³/mol. The molecule has 12 heteroatoms. The van der Waals surface area contributed by atoms with Crippen molar-refractivity contribution < 1.29 is 27.1 Å². The highest BCUT2D eigenvalue weighted by atomic mass is 32.2. The quantitative estimate of drug-likeness (QED) is 0.147. The molecule has 10 nitrogen and oxygen atoms in total. The molecular formula is C63H96FN5O5S. The molecule has 0 unspecified atom stereocenters. The van der Waals surface area contributed by atoms with Gasteiger partial charge in [-0.15, -0.1) is 0 Å². The Labute approximate surface area is 454 Å². The van der Waals surface area contributed by atoms with Gasteiger partial charge in [0.2, 0.25) is 10.0 Å². The Morgan fingerprint density at radius 1 is 0.533 bits per heavy atom. The van der Waals surface area contributed by atoms with Gasteiger partial charge in [-0.3, -0.25) is 14.6 Å². The van der Waals surface area contributed by atoms with Crippen molar-refractivity contribution in [1.82, 2.24) is 19.0 Å². The minimum absolute atomic E-state index is 0.0889. The third kappa shape index (κ3) is 19.8. The van der Waals surface area contributed by atoms with E-state index in [2.05, 4.69) is 128 Å². The molecule has 0 radical (unpaired) electrons. The van der Waals surface area contributed by atoms with E-state index in [-0.39, 0.29) is 33.4 Å². The van der Waals surface area contributed by atoms with Crippen molar-refractivity contribution in [3.63, 3.8) is 0 Å². The molecule has 0 spiro atoms. The van der Waals surface area contributed by atoms with Gasteiger partial charge in [0.25, 0.3) is 5.91 Å². The number of ether oxygens (including phenoxy) is 2. The van der Waals surface area contributed by atoms with Crippen LogP contribution in [0.4, 0.5) is 10.1 Å². The van der Waals surface area contributed by atoms with Crippen molar-refractivity contribution >= 4 is 21.6 Å². The van der Waals surface area contributed by atoms with Gasteiger partial charge in [-0.25, -0.2) is 12.8 Å². The topological polar surface area (TPSA) is 85.9 Å². The highest BCUT2D eigenvalue weighted by Crippen LogP contribution is 2.31. The molecule has 8 rings (SSSR count). The zero-order valence-electron chi connectivity index (χ0n) is 48.8. The summed E-state index contributed by atoms with van der Waals surface area (Å²) in [6, 6.07) is 28.5. The van der Waals surface area contributed by atoms with Gasteiger partial charge in [0.1, 0.15) is 30.5 Å². The molecule has 0 aromatic heterocycles. The van der Waals surface area contributed by atoms with Crippen molar-refractivity contribution in [2.24, 2.45) is 0 Å². The number of benzene rings is 4. The van der Waals surface area contributed by atoms with E-state index >= 15 is 0 Å². The van der Waals surface area contributed by atoms with E-state index in [1.807, 2.05) is 54.8 Å². The van der Waals surface area contributed by atoms with Crippen LogP contribution in [-0.4, -0.2) is 131 Å². The Morgan fingerprint density at radius 2 is 0.987 bits per heavy atom. The second kappa shape index (κ2) is 27.2. The summed E-state index contributed by atoms with van der Waals surface area (Å²) in [5.74, 6) is 1.97. The standard InChI is InChI=1S/C17H27NO.C16H25NO.C15H23FN2O2S.C15H21NO/c1-14-13-15(17(2,3)4)7-8-16(14)19-12-11-18-9-5-6-10-18;1-16(2,3)14-6-8-15(9-7-14)18-13-12-17-10-4-5-11-17;1-15(2,3)12-5-6-14(13(16)11-12)17-7-9-18(10-8-17)21(4,19)20;1-15(2,3)13-8-6-7-12(11-13)14(17)16-9-4-5-10-16/h7-8,13H,5-6,9-12H2,1-4H3;6-9H,4-5,10-13H2,1-3H3;5-6,11H,7-10H2,1-4H3;6-8,11H,4-5,9-10H2,1-3H3. The van der Waals surface area contributed by atoms with Crippen LogP contribution in [0.15, 0.2) is 84.9 Å². The SMILES string of the molecule is CC(C)(C)c1ccc(N2CCN(S(C)(=O)=O)CC2)c(F)c1.CC(C)(C)c1ccc(OCCN2CCCC2)cc1.CC(C)(C)c1cccc(C(=O)N2CCCC2)c1.Cc1cc(C(C)(C)C)ccc1OCCN1CCCC1. The number of hydrogen-bond acceptors (Lipinski definition) is 8. The predicted octanol–water partition coefficient (Wildman–Crippen LogP) is 12.7. The first kappa shape index (κ1) is 61.4. The first-order chi connectivity index (χ1) is 35.1. The Kier molecular flexibility index (Phi) is 22.3. The fourth-order valence-electron chi connectivity index (χ4n) is 9.63. The van der Waals surface area contributed by atoms with E-state index in [9.17, 15) is 17.6 Å². The summed E-state index contributed by atoms with van der Waals surface area (Å²) >= 11 is 0. The van der Waals surface area contributed by atoms with Gasteiger partial charge in [0.15, 0.2) is 0 Å². The third-order valence-corrected chi connectivity index (χ3v) is 16.0. The fourth-order valence-corrected chi connectivity index (χ4v) is 10.5. The Hall–Kier alpha value is -4.49. The van der Waals surface area contributed by atoms with Crippen LogP contribution in [0.3, 0.4) is 0 Å². The number of aryl methyl sites for hydroxylation is 1. The minimum atomic E-state index is -3.15. The molecule has 416 valence electrons. The highest BCUT2D eigenvalue weighted by Gasteiger charge is 2.26. The molecule has 4 aliphatic heterocycles. The lowest BCUT2D eigenvalue weighted by Crippen LogP contribution is -2.48. The largest absolute Gasteiger partial charge is 0.492 e. The highest BCUT2D eigenvalue weighted by molar-refractivity contribution is 7.88. The van der Waals surface area contributed by atoms with E-state index in [1.165, 1.54) is 84.7 Å². The summed E-state index contributed by atoms with van der Waals surface area (Å²) < 4.78 is 50.4. The number of amides is 1. The molecule has 4 aliphatic rings. The summed E-state index contributed by atoms with van der Waals surface area (Å²) in [6.45, 7) is 40.6. The molecule has 4 heterocycles. The number of sulfonamides is 1. The van der Waals surface area contributed by atoms with Crippen LogP contribution >= 0.6 is 0 Å². The molecule has 0 bridgehead atoms.